The fourth-order valence-electron chi connectivity index (χ4n) is 1.94. The Labute approximate surface area is 96.6 Å². The number of benzene rings is 1. The molecule has 6 heteroatoms. The van der Waals surface area contributed by atoms with Gasteiger partial charge in [0.25, 0.3) is 0 Å². The van der Waals surface area contributed by atoms with Crippen LogP contribution in [-0.4, -0.2) is 23.9 Å². The van der Waals surface area contributed by atoms with Gasteiger partial charge in [0.05, 0.1) is 0 Å². The molecule has 1 fully saturated rings. The predicted octanol–water partition coefficient (Wildman–Crippen LogP) is 0.203. The molecule has 3 amide bonds. The van der Waals surface area contributed by atoms with E-state index < -0.39 is 18.2 Å². The van der Waals surface area contributed by atoms with Crippen molar-refractivity contribution in [2.24, 2.45) is 11.1 Å². The quantitative estimate of drug-likeness (QED) is 0.724. The Hall–Kier alpha value is -2.37. The molecule has 2 heterocycles. The van der Waals surface area contributed by atoms with E-state index in [1.165, 1.54) is 0 Å². The van der Waals surface area contributed by atoms with E-state index in [-0.39, 0.29) is 5.91 Å². The minimum Gasteiger partial charge on any atom is -0.369 e. The van der Waals surface area contributed by atoms with E-state index in [1.807, 2.05) is 30.3 Å². The molecule has 0 unspecified atom stereocenters. The molecule has 1 aromatic carbocycles. The maximum absolute atomic E-state index is 11.7. The van der Waals surface area contributed by atoms with Gasteiger partial charge in [-0.05, 0) is 0 Å². The molecular weight excluding hydrogens is 222 g/mol. The molecule has 0 spiro atoms. The van der Waals surface area contributed by atoms with E-state index in [1.54, 1.807) is 0 Å². The van der Waals surface area contributed by atoms with Crippen LogP contribution in [0.5, 0.6) is 0 Å². The molecule has 0 aliphatic carbocycles. The second kappa shape index (κ2) is 3.58. The monoisotopic (exact) mass is 231 g/mol. The molecule has 2 aliphatic rings. The molecule has 17 heavy (non-hydrogen) atoms. The molecule has 0 saturated carbocycles. The zero-order valence-electron chi connectivity index (χ0n) is 8.71. The smallest absolute Gasteiger partial charge is 0.324 e. The second-order valence-corrected chi connectivity index (χ2v) is 3.81. The van der Waals surface area contributed by atoms with Crippen LogP contribution < -0.4 is 10.6 Å². The number of rotatable bonds is 1. The lowest BCUT2D eigenvalue weighted by Crippen LogP contribution is -2.58. The molecule has 2 atom stereocenters. The van der Waals surface area contributed by atoms with Gasteiger partial charge in [0.1, 0.15) is 11.6 Å². The van der Waals surface area contributed by atoms with E-state index in [0.29, 0.717) is 5.71 Å². The average Bonchev–Trinajstić information content (AvgIpc) is 2.74. The van der Waals surface area contributed by atoms with Gasteiger partial charge in [0.15, 0.2) is 0 Å². The van der Waals surface area contributed by atoms with Crippen LogP contribution in [0, 0.1) is 5.92 Å². The predicted molar refractivity (Wildman–Crippen MR) is 58.0 cm³/mol. The highest BCUT2D eigenvalue weighted by atomic mass is 16.7. The Morgan fingerprint density at radius 3 is 2.71 bits per heavy atom. The largest absolute Gasteiger partial charge is 0.369 e. The Kier molecular flexibility index (Phi) is 2.07. The fourth-order valence-corrected chi connectivity index (χ4v) is 1.94. The Morgan fingerprint density at radius 1 is 1.18 bits per heavy atom. The van der Waals surface area contributed by atoms with Gasteiger partial charge < -0.3 is 4.84 Å². The van der Waals surface area contributed by atoms with Crippen molar-refractivity contribution < 1.29 is 14.4 Å². The number of hydrogen-bond acceptors (Lipinski definition) is 4. The zero-order valence-corrected chi connectivity index (χ0v) is 8.71. The van der Waals surface area contributed by atoms with Crippen molar-refractivity contribution in [1.82, 2.24) is 10.6 Å². The van der Waals surface area contributed by atoms with Gasteiger partial charge in [0, 0.05) is 5.56 Å². The summed E-state index contributed by atoms with van der Waals surface area (Å²) >= 11 is 0. The number of imide groups is 1. The molecule has 0 bridgehead atoms. The molecule has 1 saturated heterocycles. The number of carbonyl (C=O) groups is 2. The minimum absolute atomic E-state index is 0.390. The first-order chi connectivity index (χ1) is 8.25. The first kappa shape index (κ1) is 9.83. The summed E-state index contributed by atoms with van der Waals surface area (Å²) in [4.78, 5) is 27.9. The van der Waals surface area contributed by atoms with Crippen LogP contribution in [0.3, 0.4) is 0 Å². The van der Waals surface area contributed by atoms with Crippen LogP contribution in [0.4, 0.5) is 4.79 Å². The van der Waals surface area contributed by atoms with Crippen molar-refractivity contribution in [2.75, 3.05) is 0 Å². The van der Waals surface area contributed by atoms with Gasteiger partial charge in [-0.1, -0.05) is 35.5 Å². The Bertz CT molecular complexity index is 512. The van der Waals surface area contributed by atoms with Gasteiger partial charge in [0.2, 0.25) is 12.1 Å². The number of fused-ring (bicyclic) bond motifs is 1. The third kappa shape index (κ3) is 1.54. The highest BCUT2D eigenvalue weighted by Crippen LogP contribution is 2.23. The summed E-state index contributed by atoms with van der Waals surface area (Å²) in [7, 11) is 0. The summed E-state index contributed by atoms with van der Waals surface area (Å²) in [5, 5.41) is 8.58. The molecule has 1 aromatic rings. The SMILES string of the molecule is O=C1NC(=O)[C@H]2C(c3ccccc3)=NO[C@H]2N1. The van der Waals surface area contributed by atoms with Gasteiger partial charge >= 0.3 is 6.03 Å². The van der Waals surface area contributed by atoms with Crippen molar-refractivity contribution in [3.63, 3.8) is 0 Å². The fraction of sp³-hybridized carbons (Fsp3) is 0.182. The number of oxime groups is 1. The zero-order chi connectivity index (χ0) is 11.8. The van der Waals surface area contributed by atoms with Crippen LogP contribution in [0.25, 0.3) is 0 Å². The number of nitrogens with one attached hydrogen (secondary N) is 2. The summed E-state index contributed by atoms with van der Waals surface area (Å²) in [5.41, 5.74) is 1.35. The minimum atomic E-state index is -0.702. The molecular formula is C11H9N3O3. The summed E-state index contributed by atoms with van der Waals surface area (Å²) in [5.74, 6) is -0.978. The maximum atomic E-state index is 11.7. The van der Waals surface area contributed by atoms with Crippen molar-refractivity contribution in [2.45, 2.75) is 6.23 Å². The lowest BCUT2D eigenvalue weighted by molar-refractivity contribution is -0.126. The molecule has 0 aromatic heterocycles. The van der Waals surface area contributed by atoms with Crippen LogP contribution in [0.15, 0.2) is 35.5 Å². The second-order valence-electron chi connectivity index (χ2n) is 3.81. The van der Waals surface area contributed by atoms with Crippen molar-refractivity contribution in [3.8, 4) is 0 Å². The van der Waals surface area contributed by atoms with E-state index >= 15 is 0 Å². The molecule has 6 nitrogen and oxygen atoms in total. The van der Waals surface area contributed by atoms with Crippen molar-refractivity contribution in [3.05, 3.63) is 35.9 Å². The highest BCUT2D eigenvalue weighted by Gasteiger charge is 2.45. The first-order valence-corrected chi connectivity index (χ1v) is 5.16. The first-order valence-electron chi connectivity index (χ1n) is 5.16. The molecule has 0 radical (unpaired) electrons. The normalized spacial score (nSPS) is 26.5. The van der Waals surface area contributed by atoms with Gasteiger partial charge in [-0.3, -0.25) is 15.4 Å². The average molecular weight is 231 g/mol. The van der Waals surface area contributed by atoms with E-state index in [9.17, 15) is 9.59 Å². The van der Waals surface area contributed by atoms with E-state index in [4.69, 9.17) is 4.84 Å². The van der Waals surface area contributed by atoms with Gasteiger partial charge in [-0.15, -0.1) is 0 Å². The number of carbonyl (C=O) groups excluding carboxylic acids is 2. The maximum Gasteiger partial charge on any atom is 0.324 e. The summed E-state index contributed by atoms with van der Waals surface area (Å²) in [6, 6.07) is 8.71. The van der Waals surface area contributed by atoms with E-state index in [2.05, 4.69) is 15.8 Å². The van der Waals surface area contributed by atoms with Crippen molar-refractivity contribution in [1.29, 1.82) is 0 Å². The standard InChI is InChI=1S/C11H9N3O3/c15-9-7-8(6-4-2-1-3-5-6)14-17-10(7)13-11(16)12-9/h1-5,7,10H,(H2,12,13,15,16)/t7-,10-/m1/s1. The summed E-state index contributed by atoms with van der Waals surface area (Å²) < 4.78 is 0. The van der Waals surface area contributed by atoms with Gasteiger partial charge in [-0.2, -0.15) is 0 Å². The van der Waals surface area contributed by atoms with Crippen LogP contribution in [0.1, 0.15) is 5.56 Å². The lowest BCUT2D eigenvalue weighted by atomic mass is 9.94. The third-order valence-electron chi connectivity index (χ3n) is 2.72. The van der Waals surface area contributed by atoms with E-state index in [0.717, 1.165) is 5.56 Å². The lowest BCUT2D eigenvalue weighted by Gasteiger charge is -2.23. The number of nitrogens with zero attached hydrogens (tertiary/aromatic N) is 1. The highest BCUT2D eigenvalue weighted by molar-refractivity contribution is 6.17. The summed E-state index contributed by atoms with van der Waals surface area (Å²) in [6.07, 6.45) is -0.702. The number of hydrogen-bond donors (Lipinski definition) is 2. The topological polar surface area (TPSA) is 79.8 Å². The van der Waals surface area contributed by atoms with Gasteiger partial charge in [-0.25, -0.2) is 4.79 Å². The molecule has 2 N–H and O–H groups in total. The molecule has 3 rings (SSSR count). The Balaban J connectivity index is 1.94. The Morgan fingerprint density at radius 2 is 1.94 bits per heavy atom. The molecule has 2 aliphatic heterocycles. The summed E-state index contributed by atoms with van der Waals surface area (Å²) in [6.45, 7) is 0. The number of urea groups is 1. The van der Waals surface area contributed by atoms with Crippen LogP contribution in [0.2, 0.25) is 0 Å². The van der Waals surface area contributed by atoms with Crippen LogP contribution in [-0.2, 0) is 9.63 Å². The third-order valence-corrected chi connectivity index (χ3v) is 2.72. The molecule has 86 valence electrons. The van der Waals surface area contributed by atoms with Crippen LogP contribution >= 0.6 is 0 Å². The number of amides is 3. The van der Waals surface area contributed by atoms with Crippen molar-refractivity contribution >= 4 is 17.6 Å².